The van der Waals surface area contributed by atoms with E-state index in [2.05, 4.69) is 0 Å². The van der Waals surface area contributed by atoms with Gasteiger partial charge in [0, 0.05) is 12.0 Å². The van der Waals surface area contributed by atoms with E-state index in [1.54, 1.807) is 12.1 Å². The molecule has 2 atom stereocenters. The van der Waals surface area contributed by atoms with Gasteiger partial charge in [-0.3, -0.25) is 9.59 Å². The fourth-order valence-electron chi connectivity index (χ4n) is 3.69. The first-order chi connectivity index (χ1) is 9.29. The van der Waals surface area contributed by atoms with Crippen LogP contribution in [0.15, 0.2) is 24.3 Å². The predicted molar refractivity (Wildman–Crippen MR) is 75.2 cm³/mol. The highest BCUT2D eigenvalue weighted by molar-refractivity contribution is 6.20. The quantitative estimate of drug-likeness (QED) is 0.800. The zero-order valence-electron chi connectivity index (χ0n) is 12.0. The van der Waals surface area contributed by atoms with Gasteiger partial charge in [0.15, 0.2) is 0 Å². The van der Waals surface area contributed by atoms with Crippen LogP contribution in [0.3, 0.4) is 0 Å². The number of phenols is 1. The Morgan fingerprint density at radius 3 is 2.60 bits per heavy atom. The van der Waals surface area contributed by atoms with Crippen LogP contribution < -0.4 is 4.90 Å². The van der Waals surface area contributed by atoms with E-state index in [4.69, 9.17) is 0 Å². The summed E-state index contributed by atoms with van der Waals surface area (Å²) < 4.78 is 0. The van der Waals surface area contributed by atoms with E-state index >= 15 is 0 Å². The van der Waals surface area contributed by atoms with Gasteiger partial charge in [-0.05, 0) is 30.4 Å². The number of benzene rings is 1. The minimum absolute atomic E-state index is 0.0606. The van der Waals surface area contributed by atoms with Crippen LogP contribution in [-0.2, 0) is 9.59 Å². The molecule has 2 fully saturated rings. The Morgan fingerprint density at radius 1 is 1.25 bits per heavy atom. The number of carbonyl (C=O) groups excluding carboxylic acids is 2. The van der Waals surface area contributed by atoms with E-state index in [9.17, 15) is 14.7 Å². The lowest BCUT2D eigenvalue weighted by atomic mass is 9.62. The maximum atomic E-state index is 12.9. The third-order valence-electron chi connectivity index (χ3n) is 5.51. The van der Waals surface area contributed by atoms with Crippen molar-refractivity contribution in [3.8, 4) is 5.75 Å². The first-order valence-corrected chi connectivity index (χ1v) is 6.96. The number of carbonyl (C=O) groups is 2. The number of amides is 2. The SMILES string of the molecule is CC1(C)[C@@H]2CC[C@@]1(C)C(=O)N(c1cccc(O)c1)C2=O. The molecule has 1 aliphatic heterocycles. The number of rotatable bonds is 1. The van der Waals surface area contributed by atoms with Crippen LogP contribution in [-0.4, -0.2) is 16.9 Å². The lowest BCUT2D eigenvalue weighted by Gasteiger charge is -2.47. The zero-order valence-corrected chi connectivity index (χ0v) is 12.0. The second-order valence-electron chi connectivity index (χ2n) is 6.64. The minimum atomic E-state index is -0.517. The van der Waals surface area contributed by atoms with Crippen LogP contribution in [0.25, 0.3) is 0 Å². The van der Waals surface area contributed by atoms with Gasteiger partial charge in [0.1, 0.15) is 5.75 Å². The largest absolute Gasteiger partial charge is 0.508 e. The molecule has 0 spiro atoms. The lowest BCUT2D eigenvalue weighted by Crippen LogP contribution is -2.59. The van der Waals surface area contributed by atoms with Gasteiger partial charge in [-0.1, -0.05) is 26.8 Å². The van der Waals surface area contributed by atoms with E-state index in [1.807, 2.05) is 20.8 Å². The molecule has 1 saturated carbocycles. The topological polar surface area (TPSA) is 57.6 Å². The maximum Gasteiger partial charge on any atom is 0.240 e. The molecule has 3 rings (SSSR count). The standard InChI is InChI=1S/C16H19NO3/c1-15(2)12-7-8-16(15,3)14(20)17(13(12)19)10-5-4-6-11(18)9-10/h4-6,9,12,18H,7-8H2,1-3H3/t12-,16+/m1/s1. The highest BCUT2D eigenvalue weighted by Gasteiger charge is 2.64. The number of anilines is 1. The van der Waals surface area contributed by atoms with Crippen molar-refractivity contribution in [2.45, 2.75) is 33.6 Å². The third-order valence-corrected chi connectivity index (χ3v) is 5.51. The summed E-state index contributed by atoms with van der Waals surface area (Å²) >= 11 is 0. The Morgan fingerprint density at radius 2 is 1.95 bits per heavy atom. The molecule has 1 heterocycles. The van der Waals surface area contributed by atoms with Crippen molar-refractivity contribution in [1.29, 1.82) is 0 Å². The fourth-order valence-corrected chi connectivity index (χ4v) is 3.69. The molecule has 4 nitrogen and oxygen atoms in total. The lowest BCUT2D eigenvalue weighted by molar-refractivity contribution is -0.146. The molecular formula is C16H19NO3. The number of fused-ring (bicyclic) bond motifs is 2. The molecular weight excluding hydrogens is 254 g/mol. The molecule has 1 saturated heterocycles. The molecule has 106 valence electrons. The van der Waals surface area contributed by atoms with Gasteiger partial charge in [0.25, 0.3) is 0 Å². The van der Waals surface area contributed by atoms with E-state index in [0.29, 0.717) is 5.69 Å². The zero-order chi connectivity index (χ0) is 14.7. The molecule has 4 heteroatoms. The van der Waals surface area contributed by atoms with Crippen molar-refractivity contribution in [3.05, 3.63) is 24.3 Å². The van der Waals surface area contributed by atoms with Crippen LogP contribution in [0.4, 0.5) is 5.69 Å². The summed E-state index contributed by atoms with van der Waals surface area (Å²) in [4.78, 5) is 26.8. The highest BCUT2D eigenvalue weighted by atomic mass is 16.3. The monoisotopic (exact) mass is 273 g/mol. The van der Waals surface area contributed by atoms with Crippen molar-refractivity contribution in [1.82, 2.24) is 0 Å². The van der Waals surface area contributed by atoms with Crippen LogP contribution in [0.1, 0.15) is 33.6 Å². The van der Waals surface area contributed by atoms with Crippen molar-refractivity contribution < 1.29 is 14.7 Å². The number of phenolic OH excluding ortho intramolecular Hbond substituents is 1. The van der Waals surface area contributed by atoms with Crippen LogP contribution in [0, 0.1) is 16.7 Å². The van der Waals surface area contributed by atoms with Gasteiger partial charge in [-0.15, -0.1) is 0 Å². The van der Waals surface area contributed by atoms with Gasteiger partial charge < -0.3 is 5.11 Å². The summed E-state index contributed by atoms with van der Waals surface area (Å²) in [5.41, 5.74) is -0.362. The van der Waals surface area contributed by atoms with Crippen molar-refractivity contribution in [3.63, 3.8) is 0 Å². The van der Waals surface area contributed by atoms with Gasteiger partial charge in [0.05, 0.1) is 11.1 Å². The molecule has 1 aromatic carbocycles. The number of aromatic hydroxyl groups is 1. The molecule has 2 aliphatic rings. The number of nitrogens with zero attached hydrogens (tertiary/aromatic N) is 1. The number of imide groups is 1. The van der Waals surface area contributed by atoms with Gasteiger partial charge in [0.2, 0.25) is 11.8 Å². The summed E-state index contributed by atoms with van der Waals surface area (Å²) in [7, 11) is 0. The normalized spacial score (nSPS) is 31.8. The first kappa shape index (κ1) is 13.2. The summed E-state index contributed by atoms with van der Waals surface area (Å²) in [5.74, 6) is -0.356. The average Bonchev–Trinajstić information content (AvgIpc) is 2.54. The van der Waals surface area contributed by atoms with E-state index < -0.39 is 5.41 Å². The number of hydrogen-bond donors (Lipinski definition) is 1. The van der Waals surface area contributed by atoms with Crippen molar-refractivity contribution in [2.24, 2.45) is 16.7 Å². The predicted octanol–water partition coefficient (Wildman–Crippen LogP) is 2.71. The van der Waals surface area contributed by atoms with Crippen molar-refractivity contribution >= 4 is 17.5 Å². The molecule has 2 bridgehead atoms. The maximum absolute atomic E-state index is 12.9. The molecule has 1 aromatic rings. The van der Waals surface area contributed by atoms with Crippen LogP contribution in [0.2, 0.25) is 0 Å². The first-order valence-electron chi connectivity index (χ1n) is 6.96. The second-order valence-corrected chi connectivity index (χ2v) is 6.64. The second kappa shape index (κ2) is 3.84. The fraction of sp³-hybridized carbons (Fsp3) is 0.500. The van der Waals surface area contributed by atoms with E-state index in [-0.39, 0.29) is 28.9 Å². The minimum Gasteiger partial charge on any atom is -0.508 e. The van der Waals surface area contributed by atoms with Gasteiger partial charge in [-0.2, -0.15) is 0 Å². The van der Waals surface area contributed by atoms with Crippen LogP contribution in [0.5, 0.6) is 5.75 Å². The Kier molecular flexibility index (Phi) is 2.53. The molecule has 2 amide bonds. The molecule has 0 radical (unpaired) electrons. The number of hydrogen-bond acceptors (Lipinski definition) is 3. The summed E-state index contributed by atoms with van der Waals surface area (Å²) in [5, 5.41) is 9.58. The summed E-state index contributed by atoms with van der Waals surface area (Å²) in [6.45, 7) is 5.98. The Bertz CT molecular complexity index is 607. The molecule has 20 heavy (non-hydrogen) atoms. The third kappa shape index (κ3) is 1.42. The summed E-state index contributed by atoms with van der Waals surface area (Å²) in [6, 6.07) is 6.34. The molecule has 0 unspecified atom stereocenters. The molecule has 0 aromatic heterocycles. The van der Waals surface area contributed by atoms with E-state index in [1.165, 1.54) is 17.0 Å². The van der Waals surface area contributed by atoms with E-state index in [0.717, 1.165) is 12.8 Å². The van der Waals surface area contributed by atoms with Crippen LogP contribution >= 0.6 is 0 Å². The Balaban J connectivity index is 2.12. The van der Waals surface area contributed by atoms with Gasteiger partial charge in [-0.25, -0.2) is 4.90 Å². The molecule has 1 N–H and O–H groups in total. The van der Waals surface area contributed by atoms with Gasteiger partial charge >= 0.3 is 0 Å². The number of piperidine rings is 1. The van der Waals surface area contributed by atoms with Crippen molar-refractivity contribution in [2.75, 3.05) is 4.90 Å². The summed E-state index contributed by atoms with van der Waals surface area (Å²) in [6.07, 6.45) is 1.49. The Hall–Kier alpha value is -1.84. The highest BCUT2D eigenvalue weighted by Crippen LogP contribution is 2.60. The smallest absolute Gasteiger partial charge is 0.240 e. The molecule has 1 aliphatic carbocycles. The Labute approximate surface area is 118 Å². The average molecular weight is 273 g/mol.